The van der Waals surface area contributed by atoms with Crippen LogP contribution < -0.4 is 10.9 Å². The van der Waals surface area contributed by atoms with Gasteiger partial charge in [-0.05, 0) is 46.8 Å². The number of hydrogen-bond donors (Lipinski definition) is 1. The molecule has 128 valence electrons. The molecule has 1 N–H and O–H groups in total. The predicted molar refractivity (Wildman–Crippen MR) is 106 cm³/mol. The highest BCUT2D eigenvalue weighted by Gasteiger charge is 2.20. The highest BCUT2D eigenvalue weighted by atomic mass is 79.9. The van der Waals surface area contributed by atoms with Gasteiger partial charge < -0.3 is 9.73 Å². The molecule has 0 spiro atoms. The van der Waals surface area contributed by atoms with Crippen LogP contribution in [0.25, 0.3) is 19.6 Å². The van der Waals surface area contributed by atoms with Crippen molar-refractivity contribution < 1.29 is 9.21 Å². The second-order valence-electron chi connectivity index (χ2n) is 5.52. The average Bonchev–Trinajstić information content (AvgIpc) is 3.24. The van der Waals surface area contributed by atoms with E-state index < -0.39 is 11.7 Å². The van der Waals surface area contributed by atoms with Crippen LogP contribution in [0.15, 0.2) is 30.5 Å². The number of rotatable bonds is 3. The molecule has 0 saturated heterocycles. The third kappa shape index (κ3) is 2.95. The van der Waals surface area contributed by atoms with E-state index in [4.69, 9.17) is 4.42 Å². The van der Waals surface area contributed by atoms with Crippen molar-refractivity contribution in [2.45, 2.75) is 19.9 Å². The van der Waals surface area contributed by atoms with Crippen LogP contribution in [0.3, 0.4) is 0 Å². The summed E-state index contributed by atoms with van der Waals surface area (Å²) >= 11 is 7.89. The Morgan fingerprint density at radius 1 is 1.36 bits per heavy atom. The van der Waals surface area contributed by atoms with E-state index in [2.05, 4.69) is 26.2 Å². The van der Waals surface area contributed by atoms with Crippen LogP contribution in [0.4, 0.5) is 0 Å². The van der Waals surface area contributed by atoms with E-state index in [1.165, 1.54) is 22.7 Å². The summed E-state index contributed by atoms with van der Waals surface area (Å²) in [6.45, 7) is 3.60. The molecule has 4 aromatic heterocycles. The fourth-order valence-corrected chi connectivity index (χ4v) is 6.27. The zero-order valence-corrected chi connectivity index (χ0v) is 17.1. The first-order valence-corrected chi connectivity index (χ1v) is 10.7. The van der Waals surface area contributed by atoms with Gasteiger partial charge >= 0.3 is 5.63 Å². The maximum atomic E-state index is 12.5. The summed E-state index contributed by atoms with van der Waals surface area (Å²) < 4.78 is 8.43. The van der Waals surface area contributed by atoms with Crippen LogP contribution in [-0.2, 0) is 0 Å². The van der Waals surface area contributed by atoms with Gasteiger partial charge in [0.25, 0.3) is 5.91 Å². The molecule has 0 aliphatic carbocycles. The van der Waals surface area contributed by atoms with Crippen LogP contribution in [0, 0.1) is 6.92 Å². The minimum absolute atomic E-state index is 0.209. The zero-order chi connectivity index (χ0) is 17.7. The summed E-state index contributed by atoms with van der Waals surface area (Å²) in [6.07, 6.45) is 0. The molecule has 0 bridgehead atoms. The minimum Gasteiger partial charge on any atom is -0.406 e. The molecule has 4 aromatic rings. The molecule has 1 amide bonds. The van der Waals surface area contributed by atoms with E-state index in [0.29, 0.717) is 15.1 Å². The SMILES string of the molecule is Cc1csc2nc([C@H](C)NC(=O)c3cc4scc(Br)c4s3)oc(=O)c12. The van der Waals surface area contributed by atoms with Gasteiger partial charge in [0.15, 0.2) is 0 Å². The molecule has 0 aliphatic heterocycles. The lowest BCUT2D eigenvalue weighted by atomic mass is 10.2. The van der Waals surface area contributed by atoms with Crippen LogP contribution in [0.2, 0.25) is 0 Å². The topological polar surface area (TPSA) is 72.2 Å². The number of amides is 1. The zero-order valence-electron chi connectivity index (χ0n) is 13.1. The van der Waals surface area contributed by atoms with Gasteiger partial charge in [-0.3, -0.25) is 4.79 Å². The first-order chi connectivity index (χ1) is 11.9. The smallest absolute Gasteiger partial charge is 0.348 e. The lowest BCUT2D eigenvalue weighted by molar-refractivity contribution is 0.0937. The van der Waals surface area contributed by atoms with E-state index in [-0.39, 0.29) is 11.8 Å². The van der Waals surface area contributed by atoms with Crippen LogP contribution in [0.1, 0.15) is 34.1 Å². The molecule has 0 radical (unpaired) electrons. The first-order valence-electron chi connectivity index (χ1n) is 7.30. The highest BCUT2D eigenvalue weighted by molar-refractivity contribution is 9.10. The molecule has 0 saturated carbocycles. The molecule has 5 nitrogen and oxygen atoms in total. The van der Waals surface area contributed by atoms with Crippen molar-refractivity contribution in [3.63, 3.8) is 0 Å². The Labute approximate surface area is 162 Å². The van der Waals surface area contributed by atoms with Crippen molar-refractivity contribution in [1.29, 1.82) is 0 Å². The van der Waals surface area contributed by atoms with Gasteiger partial charge in [-0.1, -0.05) is 0 Å². The predicted octanol–water partition coefficient (Wildman–Crippen LogP) is 5.09. The highest BCUT2D eigenvalue weighted by Crippen LogP contribution is 2.37. The van der Waals surface area contributed by atoms with Crippen molar-refractivity contribution in [2.75, 3.05) is 0 Å². The molecule has 0 aromatic carbocycles. The second kappa shape index (κ2) is 6.31. The van der Waals surface area contributed by atoms with Crippen LogP contribution in [0.5, 0.6) is 0 Å². The molecule has 1 atom stereocenters. The summed E-state index contributed by atoms with van der Waals surface area (Å²) in [5.74, 6) is 0.00644. The molecule has 0 unspecified atom stereocenters. The van der Waals surface area contributed by atoms with E-state index in [1.807, 2.05) is 23.8 Å². The summed E-state index contributed by atoms with van der Waals surface area (Å²) in [7, 11) is 0. The van der Waals surface area contributed by atoms with Crippen LogP contribution in [-0.4, -0.2) is 10.9 Å². The van der Waals surface area contributed by atoms with Gasteiger partial charge in [0.05, 0.1) is 15.0 Å². The number of aryl methyl sites for hydroxylation is 1. The minimum atomic E-state index is -0.504. The fourth-order valence-electron chi connectivity index (χ4n) is 2.45. The molecule has 4 heterocycles. The summed E-state index contributed by atoms with van der Waals surface area (Å²) in [4.78, 5) is 30.3. The molecule has 0 fully saturated rings. The largest absolute Gasteiger partial charge is 0.406 e. The molecule has 0 aliphatic rings. The van der Waals surface area contributed by atoms with Crippen molar-refractivity contribution in [1.82, 2.24) is 10.3 Å². The molecule has 9 heteroatoms. The normalized spacial score (nSPS) is 12.8. The lowest BCUT2D eigenvalue weighted by Gasteiger charge is -2.11. The van der Waals surface area contributed by atoms with Gasteiger partial charge in [0, 0.05) is 14.6 Å². The number of fused-ring (bicyclic) bond motifs is 2. The molecule has 4 rings (SSSR count). The maximum absolute atomic E-state index is 12.5. The number of nitrogens with one attached hydrogen (secondary N) is 1. The Balaban J connectivity index is 1.61. The third-order valence-electron chi connectivity index (χ3n) is 3.71. The second-order valence-corrected chi connectivity index (χ2v) is 9.20. The van der Waals surface area contributed by atoms with Gasteiger partial charge in [-0.2, -0.15) is 0 Å². The monoisotopic (exact) mass is 454 g/mol. The fraction of sp³-hybridized carbons (Fsp3) is 0.188. The Kier molecular flexibility index (Phi) is 4.27. The van der Waals surface area contributed by atoms with E-state index in [0.717, 1.165) is 19.4 Å². The Morgan fingerprint density at radius 2 is 2.16 bits per heavy atom. The average molecular weight is 455 g/mol. The van der Waals surface area contributed by atoms with Crippen molar-refractivity contribution in [3.8, 4) is 0 Å². The summed E-state index contributed by atoms with van der Waals surface area (Å²) in [5.41, 5.74) is 0.439. The standard InChI is InChI=1S/C16H11BrN2O3S3/c1-6-4-24-15-11(6)16(21)22-14(19-15)7(2)18-13(20)10-3-9-12(25-10)8(17)5-23-9/h3-5,7H,1-2H3,(H,18,20)/t7-/m0/s1. The van der Waals surface area contributed by atoms with Crippen molar-refractivity contribution in [2.24, 2.45) is 0 Å². The number of hydrogen-bond acceptors (Lipinski definition) is 7. The van der Waals surface area contributed by atoms with Gasteiger partial charge in [0.1, 0.15) is 10.9 Å². The Morgan fingerprint density at radius 3 is 2.92 bits per heavy atom. The summed E-state index contributed by atoms with van der Waals surface area (Å²) in [6, 6.07) is 1.36. The summed E-state index contributed by atoms with van der Waals surface area (Å²) in [5, 5.41) is 7.24. The molecular formula is C16H11BrN2O3S3. The third-order valence-corrected chi connectivity index (χ3v) is 8.12. The van der Waals surface area contributed by atoms with Gasteiger partial charge in [-0.25, -0.2) is 9.78 Å². The van der Waals surface area contributed by atoms with Crippen molar-refractivity contribution >= 4 is 75.5 Å². The Hall–Kier alpha value is -1.55. The number of carbonyl (C=O) groups is 1. The van der Waals surface area contributed by atoms with E-state index in [1.54, 1.807) is 18.3 Å². The first kappa shape index (κ1) is 16.9. The number of thiophene rings is 3. The number of carbonyl (C=O) groups excluding carboxylic acids is 1. The van der Waals surface area contributed by atoms with Crippen molar-refractivity contribution in [3.05, 3.63) is 48.1 Å². The maximum Gasteiger partial charge on any atom is 0.348 e. The van der Waals surface area contributed by atoms with Crippen LogP contribution >= 0.6 is 49.9 Å². The van der Waals surface area contributed by atoms with E-state index in [9.17, 15) is 9.59 Å². The number of halogens is 1. The van der Waals surface area contributed by atoms with E-state index >= 15 is 0 Å². The Bertz CT molecular complexity index is 1170. The van der Waals surface area contributed by atoms with Gasteiger partial charge in [0.2, 0.25) is 5.89 Å². The molecule has 25 heavy (non-hydrogen) atoms. The van der Waals surface area contributed by atoms with Gasteiger partial charge in [-0.15, -0.1) is 34.0 Å². The lowest BCUT2D eigenvalue weighted by Crippen LogP contribution is -2.27. The quantitative estimate of drug-likeness (QED) is 0.467. The molecular weight excluding hydrogens is 444 g/mol. The number of nitrogens with zero attached hydrogens (tertiary/aromatic N) is 1. The number of aromatic nitrogens is 1.